The van der Waals surface area contributed by atoms with E-state index in [2.05, 4.69) is 9.38 Å². The van der Waals surface area contributed by atoms with Gasteiger partial charge in [-0.05, 0) is 0 Å². The summed E-state index contributed by atoms with van der Waals surface area (Å²) in [5.74, 6) is -0.689. The molecule has 2 bridgehead atoms. The van der Waals surface area contributed by atoms with E-state index in [1.165, 1.54) is 18.0 Å². The van der Waals surface area contributed by atoms with E-state index in [0.717, 1.165) is 4.90 Å². The van der Waals surface area contributed by atoms with Crippen LogP contribution in [0.15, 0.2) is 6.20 Å². The Morgan fingerprint density at radius 1 is 1.50 bits per heavy atom. The molecule has 2 aliphatic heterocycles. The molecule has 1 saturated heterocycles. The highest BCUT2D eigenvalue weighted by Gasteiger charge is 2.54. The minimum Gasteiger partial charge on any atom is -0.467 e. The van der Waals surface area contributed by atoms with E-state index in [0.29, 0.717) is 16.3 Å². The average molecular weight is 332 g/mol. The number of urea groups is 1. The van der Waals surface area contributed by atoms with Crippen LogP contribution < -0.4 is 0 Å². The number of hydrogen-bond acceptors (Lipinski definition) is 7. The molecule has 12 heteroatoms. The monoisotopic (exact) mass is 332 g/mol. The first kappa shape index (κ1) is 14.7. The fraction of sp³-hybridized carbons (Fsp3) is 0.500. The van der Waals surface area contributed by atoms with Crippen molar-refractivity contribution in [3.05, 3.63) is 17.5 Å². The normalized spacial score (nSPS) is 23.7. The molecule has 1 aromatic heterocycles. The van der Waals surface area contributed by atoms with Crippen molar-refractivity contribution in [2.75, 3.05) is 13.7 Å². The van der Waals surface area contributed by atoms with Gasteiger partial charge in [-0.25, -0.2) is 9.59 Å². The maximum absolute atomic E-state index is 12.3. The second kappa shape index (κ2) is 4.66. The first-order chi connectivity index (χ1) is 10.2. The van der Waals surface area contributed by atoms with Gasteiger partial charge in [0.05, 0.1) is 25.5 Å². The summed E-state index contributed by atoms with van der Waals surface area (Å²) in [6.45, 7) is 0.00676. The summed E-state index contributed by atoms with van der Waals surface area (Å²) < 4.78 is 41.1. The van der Waals surface area contributed by atoms with E-state index in [9.17, 15) is 18.0 Å². The summed E-state index contributed by atoms with van der Waals surface area (Å²) in [5.41, 5.74) is 0.849. The molecule has 1 fully saturated rings. The predicted molar refractivity (Wildman–Crippen MR) is 67.3 cm³/mol. The van der Waals surface area contributed by atoms with Crippen molar-refractivity contribution >= 4 is 22.4 Å². The van der Waals surface area contributed by atoms with Crippen LogP contribution in [0, 0.1) is 0 Å². The highest BCUT2D eigenvalue weighted by atomic mass is 32.3. The van der Waals surface area contributed by atoms with E-state index in [1.54, 1.807) is 7.05 Å². The van der Waals surface area contributed by atoms with Crippen LogP contribution in [0.5, 0.6) is 0 Å². The molecule has 0 aromatic carbocycles. The largest absolute Gasteiger partial charge is 0.467 e. The van der Waals surface area contributed by atoms with Crippen molar-refractivity contribution in [1.29, 1.82) is 0 Å². The molecule has 11 nitrogen and oxygen atoms in total. The predicted octanol–water partition coefficient (Wildman–Crippen LogP) is -0.839. The summed E-state index contributed by atoms with van der Waals surface area (Å²) in [6.07, 6.45) is 1.41. The number of amides is 2. The van der Waals surface area contributed by atoms with Crippen LogP contribution in [-0.2, 0) is 31.3 Å². The summed E-state index contributed by atoms with van der Waals surface area (Å²) >= 11 is 0. The topological polar surface area (TPSA) is 131 Å². The number of hydrogen-bond donors (Lipinski definition) is 1. The van der Waals surface area contributed by atoms with Gasteiger partial charge in [-0.15, -0.1) is 4.28 Å². The fourth-order valence-corrected chi connectivity index (χ4v) is 3.15. The van der Waals surface area contributed by atoms with Gasteiger partial charge in [-0.3, -0.25) is 9.23 Å². The third-order valence-corrected chi connectivity index (χ3v) is 3.98. The summed E-state index contributed by atoms with van der Waals surface area (Å²) in [6, 6.07) is -2.74. The fourth-order valence-electron chi connectivity index (χ4n) is 2.78. The molecule has 1 N–H and O–H groups in total. The van der Waals surface area contributed by atoms with Gasteiger partial charge < -0.3 is 9.64 Å². The molecule has 2 amide bonds. The zero-order chi connectivity index (χ0) is 16.2. The number of nitrogens with zero attached hydrogens (tertiary/aromatic N) is 4. The van der Waals surface area contributed by atoms with Crippen LogP contribution in [0.4, 0.5) is 4.79 Å². The standard InChI is InChI=1S/C10H12N4O7S/c1-12-7-5(3-11-12)6-4-13(8(7)9(15)20-2)10(16)14(6)21-22(17,18)19/h3,6,8H,4H2,1-2H3,(H,17,18,19)/t6-,8?/m1/s1. The number of methoxy groups -OCH3 is 1. The Bertz CT molecular complexity index is 757. The molecule has 3 heterocycles. The van der Waals surface area contributed by atoms with Crippen LogP contribution in [0.25, 0.3) is 0 Å². The molecule has 1 unspecified atom stereocenters. The Labute approximate surface area is 124 Å². The first-order valence-corrected chi connectivity index (χ1v) is 7.47. The number of ether oxygens (including phenoxy) is 1. The lowest BCUT2D eigenvalue weighted by Crippen LogP contribution is -2.40. The second-order valence-corrected chi connectivity index (χ2v) is 5.82. The number of esters is 1. The molecule has 0 aliphatic carbocycles. The maximum Gasteiger partial charge on any atom is 0.418 e. The first-order valence-electron chi connectivity index (χ1n) is 6.11. The summed E-state index contributed by atoms with van der Waals surface area (Å²) in [4.78, 5) is 25.4. The van der Waals surface area contributed by atoms with E-state index in [1.807, 2.05) is 0 Å². The smallest absolute Gasteiger partial charge is 0.418 e. The van der Waals surface area contributed by atoms with Crippen molar-refractivity contribution in [2.45, 2.75) is 12.1 Å². The van der Waals surface area contributed by atoms with Crippen LogP contribution in [-0.4, -0.2) is 58.4 Å². The molecule has 0 spiro atoms. The van der Waals surface area contributed by atoms with Gasteiger partial charge in [0, 0.05) is 12.6 Å². The van der Waals surface area contributed by atoms with Crippen molar-refractivity contribution in [3.8, 4) is 0 Å². The zero-order valence-corrected chi connectivity index (χ0v) is 12.3. The SMILES string of the molecule is COC(=O)C1c2c(cnn2C)[C@H]2CN1C(=O)N2OS(=O)(=O)O. The Morgan fingerprint density at radius 2 is 2.18 bits per heavy atom. The summed E-state index contributed by atoms with van der Waals surface area (Å²) in [5, 5.41) is 4.53. The molecule has 2 atom stereocenters. The summed E-state index contributed by atoms with van der Waals surface area (Å²) in [7, 11) is -2.12. The Kier molecular flexibility index (Phi) is 3.12. The maximum atomic E-state index is 12.3. The number of rotatable bonds is 3. The Balaban J connectivity index is 2.11. The van der Waals surface area contributed by atoms with Gasteiger partial charge in [-0.2, -0.15) is 18.6 Å². The molecule has 1 aromatic rings. The lowest BCUT2D eigenvalue weighted by Gasteiger charge is -2.28. The van der Waals surface area contributed by atoms with E-state index in [4.69, 9.17) is 9.29 Å². The molecular formula is C10H12N4O7S. The minimum absolute atomic E-state index is 0.00676. The number of hydroxylamine groups is 2. The third-order valence-electron chi connectivity index (χ3n) is 3.63. The van der Waals surface area contributed by atoms with Crippen molar-refractivity contribution in [1.82, 2.24) is 19.7 Å². The quantitative estimate of drug-likeness (QED) is 0.560. The molecule has 2 aliphatic rings. The van der Waals surface area contributed by atoms with Crippen LogP contribution >= 0.6 is 0 Å². The highest BCUT2D eigenvalue weighted by molar-refractivity contribution is 7.80. The minimum atomic E-state index is -4.88. The van der Waals surface area contributed by atoms with Gasteiger partial charge in [0.15, 0.2) is 6.04 Å². The lowest BCUT2D eigenvalue weighted by atomic mass is 9.98. The molecule has 3 rings (SSSR count). The van der Waals surface area contributed by atoms with E-state index in [-0.39, 0.29) is 6.54 Å². The number of carbonyl (C=O) groups excluding carboxylic acids is 2. The number of aromatic nitrogens is 2. The van der Waals surface area contributed by atoms with Crippen LogP contribution in [0.1, 0.15) is 23.3 Å². The van der Waals surface area contributed by atoms with Crippen molar-refractivity contribution in [3.63, 3.8) is 0 Å². The second-order valence-electron chi connectivity index (χ2n) is 4.81. The van der Waals surface area contributed by atoms with Gasteiger partial charge in [-0.1, -0.05) is 0 Å². The van der Waals surface area contributed by atoms with E-state index >= 15 is 0 Å². The van der Waals surface area contributed by atoms with Gasteiger partial charge in [0.1, 0.15) is 6.04 Å². The lowest BCUT2D eigenvalue weighted by molar-refractivity contribution is -0.146. The Morgan fingerprint density at radius 3 is 2.77 bits per heavy atom. The molecular weight excluding hydrogens is 320 g/mol. The number of fused-ring (bicyclic) bond motifs is 4. The molecule has 22 heavy (non-hydrogen) atoms. The molecule has 0 radical (unpaired) electrons. The molecule has 120 valence electrons. The van der Waals surface area contributed by atoms with Crippen LogP contribution in [0.2, 0.25) is 0 Å². The zero-order valence-electron chi connectivity index (χ0n) is 11.5. The van der Waals surface area contributed by atoms with Crippen molar-refractivity contribution in [2.24, 2.45) is 7.05 Å². The number of aryl methyl sites for hydroxylation is 1. The van der Waals surface area contributed by atoms with Gasteiger partial charge in [0.25, 0.3) is 0 Å². The molecule has 0 saturated carbocycles. The average Bonchev–Trinajstić information content (AvgIpc) is 2.93. The van der Waals surface area contributed by atoms with E-state index < -0.39 is 34.5 Å². The van der Waals surface area contributed by atoms with Crippen molar-refractivity contribution < 1.29 is 31.6 Å². The Hall–Kier alpha value is -2.18. The van der Waals surface area contributed by atoms with Gasteiger partial charge >= 0.3 is 22.4 Å². The van der Waals surface area contributed by atoms with Gasteiger partial charge in [0.2, 0.25) is 0 Å². The third kappa shape index (κ3) is 2.03. The van der Waals surface area contributed by atoms with Crippen LogP contribution in [0.3, 0.4) is 0 Å². The highest BCUT2D eigenvalue weighted by Crippen LogP contribution is 2.44. The number of carbonyl (C=O) groups is 2.